The van der Waals surface area contributed by atoms with Crippen molar-refractivity contribution in [2.75, 3.05) is 31.7 Å². The molecule has 1 aliphatic heterocycles. The minimum Gasteiger partial charge on any atom is -0.496 e. The predicted octanol–water partition coefficient (Wildman–Crippen LogP) is 2.45. The Kier molecular flexibility index (Phi) is 5.08. The van der Waals surface area contributed by atoms with E-state index in [1.54, 1.807) is 13.2 Å². The summed E-state index contributed by atoms with van der Waals surface area (Å²) in [5.41, 5.74) is 1.82. The van der Waals surface area contributed by atoms with Gasteiger partial charge in [-0.2, -0.15) is 11.8 Å². The number of rotatable bonds is 4. The van der Waals surface area contributed by atoms with Gasteiger partial charge in [0.2, 0.25) is 0 Å². The zero-order valence-electron chi connectivity index (χ0n) is 10.7. The first-order valence-electron chi connectivity index (χ1n) is 6.25. The van der Waals surface area contributed by atoms with Crippen LogP contribution < -0.4 is 4.74 Å². The molecule has 0 spiro atoms. The first kappa shape index (κ1) is 13.4. The van der Waals surface area contributed by atoms with Crippen LogP contribution in [0.3, 0.4) is 0 Å². The summed E-state index contributed by atoms with van der Waals surface area (Å²) in [4.78, 5) is 13.3. The molecule has 0 amide bonds. The van der Waals surface area contributed by atoms with Gasteiger partial charge in [0, 0.05) is 30.0 Å². The molecule has 0 aliphatic carbocycles. The van der Waals surface area contributed by atoms with Gasteiger partial charge in [0.15, 0.2) is 0 Å². The third-order valence-corrected chi connectivity index (χ3v) is 4.20. The molecule has 0 N–H and O–H groups in total. The number of hydrogen-bond acceptors (Lipinski definition) is 4. The van der Waals surface area contributed by atoms with Crippen LogP contribution in [0.5, 0.6) is 5.75 Å². The minimum absolute atomic E-state index is 0.718. The third-order valence-electron chi connectivity index (χ3n) is 3.15. The molecule has 1 aromatic carbocycles. The molecule has 3 nitrogen and oxygen atoms in total. The number of ether oxygens (including phenoxy) is 1. The maximum Gasteiger partial charge on any atom is 0.150 e. The van der Waals surface area contributed by atoms with Crippen LogP contribution in [0, 0.1) is 0 Å². The molecule has 0 bridgehead atoms. The summed E-state index contributed by atoms with van der Waals surface area (Å²) >= 11 is 2.02. The molecule has 2 rings (SSSR count). The van der Waals surface area contributed by atoms with Crippen LogP contribution in [-0.4, -0.2) is 42.9 Å². The van der Waals surface area contributed by atoms with E-state index in [4.69, 9.17) is 4.74 Å². The standard InChI is InChI=1S/C14H19NO2S/c1-17-14-4-3-12(11-16)9-13(14)10-15-5-2-7-18-8-6-15/h3-4,9,11H,2,5-8,10H2,1H3. The molecular weight excluding hydrogens is 246 g/mol. The van der Waals surface area contributed by atoms with Crippen molar-refractivity contribution in [2.45, 2.75) is 13.0 Å². The predicted molar refractivity (Wildman–Crippen MR) is 75.6 cm³/mol. The van der Waals surface area contributed by atoms with Crippen molar-refractivity contribution in [3.05, 3.63) is 29.3 Å². The summed E-state index contributed by atoms with van der Waals surface area (Å²) in [6, 6.07) is 5.61. The van der Waals surface area contributed by atoms with Crippen molar-refractivity contribution >= 4 is 18.0 Å². The summed E-state index contributed by atoms with van der Waals surface area (Å²) in [5.74, 6) is 3.31. The van der Waals surface area contributed by atoms with E-state index in [-0.39, 0.29) is 0 Å². The Morgan fingerprint density at radius 3 is 3.06 bits per heavy atom. The van der Waals surface area contributed by atoms with Gasteiger partial charge in [0.1, 0.15) is 12.0 Å². The Bertz CT molecular complexity index is 401. The minimum atomic E-state index is 0.718. The van der Waals surface area contributed by atoms with Gasteiger partial charge in [0.25, 0.3) is 0 Å². The fraction of sp³-hybridized carbons (Fsp3) is 0.500. The summed E-state index contributed by atoms with van der Waals surface area (Å²) < 4.78 is 5.37. The van der Waals surface area contributed by atoms with E-state index in [1.807, 2.05) is 23.9 Å². The van der Waals surface area contributed by atoms with Gasteiger partial charge in [-0.05, 0) is 36.9 Å². The highest BCUT2D eigenvalue weighted by molar-refractivity contribution is 7.99. The summed E-state index contributed by atoms with van der Waals surface area (Å²) in [6.07, 6.45) is 2.13. The molecule has 4 heteroatoms. The van der Waals surface area contributed by atoms with Crippen molar-refractivity contribution in [3.63, 3.8) is 0 Å². The van der Waals surface area contributed by atoms with Crippen LogP contribution in [0.4, 0.5) is 0 Å². The maximum atomic E-state index is 10.8. The Morgan fingerprint density at radius 1 is 1.39 bits per heavy atom. The Morgan fingerprint density at radius 2 is 2.28 bits per heavy atom. The van der Waals surface area contributed by atoms with Crippen molar-refractivity contribution in [3.8, 4) is 5.75 Å². The lowest BCUT2D eigenvalue weighted by molar-refractivity contribution is 0.112. The average Bonchev–Trinajstić information content (AvgIpc) is 2.67. The molecule has 0 saturated carbocycles. The second kappa shape index (κ2) is 6.81. The van der Waals surface area contributed by atoms with Gasteiger partial charge >= 0.3 is 0 Å². The average molecular weight is 265 g/mol. The first-order valence-corrected chi connectivity index (χ1v) is 7.41. The van der Waals surface area contributed by atoms with Crippen molar-refractivity contribution in [2.24, 2.45) is 0 Å². The fourth-order valence-electron chi connectivity index (χ4n) is 2.19. The van der Waals surface area contributed by atoms with E-state index in [2.05, 4.69) is 4.90 Å². The quantitative estimate of drug-likeness (QED) is 0.782. The topological polar surface area (TPSA) is 29.5 Å². The number of methoxy groups -OCH3 is 1. The van der Waals surface area contributed by atoms with Gasteiger partial charge in [-0.1, -0.05) is 0 Å². The number of hydrogen-bond donors (Lipinski definition) is 0. The van der Waals surface area contributed by atoms with Crippen molar-refractivity contribution in [1.29, 1.82) is 0 Å². The van der Waals surface area contributed by atoms with Gasteiger partial charge < -0.3 is 4.74 Å². The highest BCUT2D eigenvalue weighted by Crippen LogP contribution is 2.22. The molecule has 1 aliphatic rings. The lowest BCUT2D eigenvalue weighted by Gasteiger charge is -2.21. The van der Waals surface area contributed by atoms with E-state index in [1.165, 1.54) is 17.9 Å². The van der Waals surface area contributed by atoms with E-state index < -0.39 is 0 Å². The summed E-state index contributed by atoms with van der Waals surface area (Å²) in [5, 5.41) is 0. The van der Waals surface area contributed by atoms with Gasteiger partial charge in [-0.25, -0.2) is 0 Å². The number of nitrogens with zero attached hydrogens (tertiary/aromatic N) is 1. The second-order valence-electron chi connectivity index (χ2n) is 4.43. The third kappa shape index (κ3) is 3.50. The summed E-state index contributed by atoms with van der Waals surface area (Å²) in [7, 11) is 1.68. The molecular formula is C14H19NO2S. The van der Waals surface area contributed by atoms with Crippen LogP contribution in [-0.2, 0) is 6.54 Å². The second-order valence-corrected chi connectivity index (χ2v) is 5.66. The van der Waals surface area contributed by atoms with Crippen LogP contribution in [0.25, 0.3) is 0 Å². The lowest BCUT2D eigenvalue weighted by atomic mass is 10.1. The lowest BCUT2D eigenvalue weighted by Crippen LogP contribution is -2.25. The molecule has 0 aromatic heterocycles. The largest absolute Gasteiger partial charge is 0.496 e. The zero-order chi connectivity index (χ0) is 12.8. The fourth-order valence-corrected chi connectivity index (χ4v) is 3.12. The highest BCUT2D eigenvalue weighted by Gasteiger charge is 2.12. The highest BCUT2D eigenvalue weighted by atomic mass is 32.2. The van der Waals surface area contributed by atoms with Crippen LogP contribution in [0.1, 0.15) is 22.3 Å². The molecule has 98 valence electrons. The number of carbonyl (C=O) groups is 1. The molecule has 0 radical (unpaired) electrons. The van der Waals surface area contributed by atoms with E-state index in [0.29, 0.717) is 0 Å². The molecule has 1 saturated heterocycles. The first-order chi connectivity index (χ1) is 8.83. The monoisotopic (exact) mass is 265 g/mol. The number of thioether (sulfide) groups is 1. The van der Waals surface area contributed by atoms with Gasteiger partial charge in [-0.15, -0.1) is 0 Å². The Labute approximate surface area is 113 Å². The van der Waals surface area contributed by atoms with Crippen LogP contribution in [0.15, 0.2) is 18.2 Å². The van der Waals surface area contributed by atoms with E-state index in [0.717, 1.165) is 42.8 Å². The SMILES string of the molecule is COc1ccc(C=O)cc1CN1CCCSCC1. The van der Waals surface area contributed by atoms with Gasteiger partial charge in [0.05, 0.1) is 7.11 Å². The van der Waals surface area contributed by atoms with Crippen molar-refractivity contribution in [1.82, 2.24) is 4.90 Å². The molecule has 1 heterocycles. The van der Waals surface area contributed by atoms with Crippen LogP contribution in [0.2, 0.25) is 0 Å². The van der Waals surface area contributed by atoms with Crippen molar-refractivity contribution < 1.29 is 9.53 Å². The normalized spacial score (nSPS) is 17.2. The van der Waals surface area contributed by atoms with E-state index in [9.17, 15) is 4.79 Å². The molecule has 1 fully saturated rings. The Hall–Kier alpha value is -1.00. The smallest absolute Gasteiger partial charge is 0.150 e. The number of benzene rings is 1. The molecule has 1 aromatic rings. The molecule has 18 heavy (non-hydrogen) atoms. The van der Waals surface area contributed by atoms with Crippen LogP contribution >= 0.6 is 11.8 Å². The number of carbonyl (C=O) groups excluding carboxylic acids is 1. The summed E-state index contributed by atoms with van der Waals surface area (Å²) in [6.45, 7) is 3.10. The van der Waals surface area contributed by atoms with E-state index >= 15 is 0 Å². The zero-order valence-corrected chi connectivity index (χ0v) is 11.5. The molecule has 0 unspecified atom stereocenters. The van der Waals surface area contributed by atoms with Gasteiger partial charge in [-0.3, -0.25) is 9.69 Å². The molecule has 0 atom stereocenters. The number of aldehydes is 1. The maximum absolute atomic E-state index is 10.8. The Balaban J connectivity index is 2.12.